The summed E-state index contributed by atoms with van der Waals surface area (Å²) in [4.78, 5) is 3.84. The van der Waals surface area contributed by atoms with Gasteiger partial charge in [-0.25, -0.2) is 18.1 Å². The summed E-state index contributed by atoms with van der Waals surface area (Å²) in [7, 11) is -4.20. The molecule has 0 bridgehead atoms. The van der Waals surface area contributed by atoms with Gasteiger partial charge in [-0.15, -0.1) is 5.10 Å². The minimum absolute atomic E-state index is 0.134. The largest absolute Gasteiger partial charge is 0.277 e. The number of anilines is 1. The molecule has 3 aromatic heterocycles. The van der Waals surface area contributed by atoms with E-state index in [0.29, 0.717) is 15.5 Å². The minimum Gasteiger partial charge on any atom is -0.277 e. The smallest absolute Gasteiger partial charge is 0.265 e. The maximum atomic E-state index is 14.1. The zero-order valence-corrected chi connectivity index (χ0v) is 14.9. The van der Waals surface area contributed by atoms with Crippen LogP contribution in [0.3, 0.4) is 0 Å². The van der Waals surface area contributed by atoms with Gasteiger partial charge in [-0.3, -0.25) is 9.40 Å². The van der Waals surface area contributed by atoms with E-state index in [4.69, 9.17) is 15.7 Å². The minimum atomic E-state index is -4.20. The Morgan fingerprint density at radius 3 is 2.96 bits per heavy atom. The Bertz CT molecular complexity index is 1370. The van der Waals surface area contributed by atoms with Crippen molar-refractivity contribution in [1.29, 1.82) is 0 Å². The molecule has 0 atom stereocenters. The molecular weight excluding hydrogens is 395 g/mol. The maximum Gasteiger partial charge on any atom is 0.265 e. The average molecular weight is 410 g/mol. The molecule has 0 spiro atoms. The lowest BCUT2D eigenvalue weighted by molar-refractivity contribution is 0.562. The number of pyridine rings is 1. The molecule has 1 aromatic carbocycles. The molecule has 3 heterocycles. The summed E-state index contributed by atoms with van der Waals surface area (Å²) in [6.07, 6.45) is 3.74. The quantitative estimate of drug-likeness (QED) is 0.559. The van der Waals surface area contributed by atoms with Crippen LogP contribution in [0.15, 0.2) is 53.8 Å². The number of sulfonamides is 1. The molecule has 27 heavy (non-hydrogen) atoms. The lowest BCUT2D eigenvalue weighted by atomic mass is 10.2. The van der Waals surface area contributed by atoms with Crippen LogP contribution < -0.4 is 4.72 Å². The third-order valence-corrected chi connectivity index (χ3v) is 5.27. The first-order valence-electron chi connectivity index (χ1n) is 8.93. The SMILES string of the molecule is [2H]C([2H])([2H])n1nc(F)c2cccc(NS(=O)(=O)c3cnn(-c4cc(Cl)ccn4)c3)c21. The highest BCUT2D eigenvalue weighted by atomic mass is 35.5. The van der Waals surface area contributed by atoms with Crippen molar-refractivity contribution >= 4 is 38.2 Å². The van der Waals surface area contributed by atoms with E-state index in [1.54, 1.807) is 6.07 Å². The molecule has 138 valence electrons. The van der Waals surface area contributed by atoms with Gasteiger partial charge >= 0.3 is 0 Å². The van der Waals surface area contributed by atoms with Crippen LogP contribution in [0.25, 0.3) is 16.7 Å². The van der Waals surface area contributed by atoms with E-state index in [1.165, 1.54) is 41.3 Å². The van der Waals surface area contributed by atoms with Gasteiger partial charge in [0.15, 0.2) is 5.82 Å². The number of aryl methyl sites for hydroxylation is 1. The lowest BCUT2D eigenvalue weighted by Crippen LogP contribution is -2.13. The summed E-state index contributed by atoms with van der Waals surface area (Å²) in [5, 5.41) is 7.62. The van der Waals surface area contributed by atoms with E-state index in [1.807, 2.05) is 0 Å². The van der Waals surface area contributed by atoms with Crippen LogP contribution in [0.5, 0.6) is 0 Å². The molecule has 1 N–H and O–H groups in total. The number of fused-ring (bicyclic) bond motifs is 1. The molecule has 0 radical (unpaired) electrons. The molecule has 8 nitrogen and oxygen atoms in total. The lowest BCUT2D eigenvalue weighted by Gasteiger charge is -2.08. The number of halogens is 2. The first-order chi connectivity index (χ1) is 14.1. The zero-order valence-electron chi connectivity index (χ0n) is 16.3. The highest BCUT2D eigenvalue weighted by Crippen LogP contribution is 2.27. The second-order valence-corrected chi connectivity index (χ2v) is 7.58. The van der Waals surface area contributed by atoms with Crippen LogP contribution in [0.1, 0.15) is 4.11 Å². The summed E-state index contributed by atoms with van der Waals surface area (Å²) in [6.45, 7) is -2.81. The van der Waals surface area contributed by atoms with Crippen LogP contribution >= 0.6 is 11.6 Å². The molecule has 0 aliphatic rings. The fourth-order valence-corrected chi connectivity index (χ4v) is 3.66. The fraction of sp³-hybridized carbons (Fsp3) is 0.0625. The van der Waals surface area contributed by atoms with Crippen molar-refractivity contribution in [3.8, 4) is 5.82 Å². The van der Waals surface area contributed by atoms with Crippen molar-refractivity contribution in [1.82, 2.24) is 24.5 Å². The van der Waals surface area contributed by atoms with E-state index in [0.717, 1.165) is 6.20 Å². The van der Waals surface area contributed by atoms with Crippen LogP contribution in [-0.4, -0.2) is 33.0 Å². The summed E-state index contributed by atoms with van der Waals surface area (Å²) in [5.41, 5.74) is -0.351. The predicted octanol–water partition coefficient (Wildman–Crippen LogP) is 2.75. The molecule has 0 unspecified atom stereocenters. The molecular formula is C16H12ClFN6O2S. The van der Waals surface area contributed by atoms with E-state index >= 15 is 0 Å². The summed E-state index contributed by atoms with van der Waals surface area (Å²) < 4.78 is 66.4. The topological polar surface area (TPSA) is 94.7 Å². The first kappa shape index (κ1) is 14.1. The number of nitrogens with zero attached hydrogens (tertiary/aromatic N) is 5. The van der Waals surface area contributed by atoms with Gasteiger partial charge in [0.2, 0.25) is 5.95 Å². The van der Waals surface area contributed by atoms with Gasteiger partial charge in [-0.05, 0) is 18.2 Å². The monoisotopic (exact) mass is 409 g/mol. The molecule has 0 aliphatic heterocycles. The van der Waals surface area contributed by atoms with Crippen LogP contribution in [0, 0.1) is 5.95 Å². The molecule has 0 saturated carbocycles. The van der Waals surface area contributed by atoms with Crippen molar-refractivity contribution in [3.63, 3.8) is 0 Å². The van der Waals surface area contributed by atoms with Crippen molar-refractivity contribution in [2.45, 2.75) is 4.90 Å². The molecule has 0 amide bonds. The third kappa shape index (κ3) is 3.13. The summed E-state index contributed by atoms with van der Waals surface area (Å²) >= 11 is 5.91. The Labute approximate surface area is 162 Å². The van der Waals surface area contributed by atoms with Gasteiger partial charge < -0.3 is 0 Å². The second kappa shape index (κ2) is 6.32. The predicted molar refractivity (Wildman–Crippen MR) is 97.8 cm³/mol. The maximum absolute atomic E-state index is 14.1. The van der Waals surface area contributed by atoms with Crippen molar-refractivity contribution in [2.24, 2.45) is 6.98 Å². The van der Waals surface area contributed by atoms with Crippen molar-refractivity contribution < 1.29 is 16.9 Å². The number of rotatable bonds is 4. The van der Waals surface area contributed by atoms with Gasteiger partial charge in [0.1, 0.15) is 4.90 Å². The number of hydrogen-bond acceptors (Lipinski definition) is 5. The van der Waals surface area contributed by atoms with Crippen LogP contribution in [0.4, 0.5) is 10.1 Å². The molecule has 4 rings (SSSR count). The Morgan fingerprint density at radius 2 is 2.19 bits per heavy atom. The third-order valence-electron chi connectivity index (χ3n) is 3.71. The number of hydrogen-bond donors (Lipinski definition) is 1. The molecule has 0 aliphatic carbocycles. The second-order valence-electron chi connectivity index (χ2n) is 5.46. The summed E-state index contributed by atoms with van der Waals surface area (Å²) in [6, 6.07) is 7.05. The van der Waals surface area contributed by atoms with Crippen molar-refractivity contribution in [2.75, 3.05) is 4.72 Å². The molecule has 0 saturated heterocycles. The average Bonchev–Trinajstić information content (AvgIpc) is 3.28. The van der Waals surface area contributed by atoms with E-state index in [2.05, 4.69) is 19.9 Å². The first-order valence-corrected chi connectivity index (χ1v) is 9.29. The number of benzene rings is 1. The summed E-state index contributed by atoms with van der Waals surface area (Å²) in [5.74, 6) is -0.726. The number of para-hydroxylation sites is 1. The standard InChI is InChI=1S/C16H12ClFN6O2S/c1-23-15-12(16(18)21-23)3-2-4-13(15)22-27(25,26)11-8-20-24(9-11)14-7-10(17)5-6-19-14/h2-9,22H,1H3/i1D3. The number of nitrogens with one attached hydrogen (secondary N) is 1. The number of aromatic nitrogens is 5. The molecule has 0 fully saturated rings. The Hall–Kier alpha value is -2.98. The normalized spacial score (nSPS) is 13.9. The van der Waals surface area contributed by atoms with E-state index < -0.39 is 22.9 Å². The Kier molecular flexibility index (Phi) is 3.31. The van der Waals surface area contributed by atoms with Gasteiger partial charge in [-0.2, -0.15) is 9.49 Å². The Morgan fingerprint density at radius 1 is 1.33 bits per heavy atom. The Balaban J connectivity index is 1.75. The van der Waals surface area contributed by atoms with E-state index in [9.17, 15) is 12.8 Å². The van der Waals surface area contributed by atoms with Gasteiger partial charge in [0, 0.05) is 28.4 Å². The zero-order chi connectivity index (χ0) is 21.7. The van der Waals surface area contributed by atoms with Crippen molar-refractivity contribution in [3.05, 3.63) is 59.9 Å². The van der Waals surface area contributed by atoms with Gasteiger partial charge in [-0.1, -0.05) is 17.7 Å². The molecule has 4 aromatic rings. The highest BCUT2D eigenvalue weighted by molar-refractivity contribution is 7.92. The highest BCUT2D eigenvalue weighted by Gasteiger charge is 2.20. The molecule has 11 heteroatoms. The van der Waals surface area contributed by atoms with Crippen LogP contribution in [-0.2, 0) is 17.0 Å². The van der Waals surface area contributed by atoms with Crippen LogP contribution in [0.2, 0.25) is 5.02 Å². The fourth-order valence-electron chi connectivity index (χ4n) is 2.51. The van der Waals surface area contributed by atoms with Gasteiger partial charge in [0.25, 0.3) is 10.0 Å². The van der Waals surface area contributed by atoms with Gasteiger partial charge in [0.05, 0.1) is 29.0 Å². The van der Waals surface area contributed by atoms with E-state index in [-0.39, 0.29) is 21.5 Å².